The van der Waals surface area contributed by atoms with Crippen molar-refractivity contribution in [1.82, 2.24) is 14.9 Å². The first-order valence-corrected chi connectivity index (χ1v) is 16.5. The molecule has 5 rings (SSSR count). The molecular formula is C37H44N4O4. The molecule has 45 heavy (non-hydrogen) atoms. The quantitative estimate of drug-likeness (QED) is 0.0633. The number of nitrogens with one attached hydrogen (secondary N) is 2. The van der Waals surface area contributed by atoms with Crippen LogP contribution in [0.4, 0.5) is 10.6 Å². The van der Waals surface area contributed by atoms with Crippen LogP contribution in [-0.2, 0) is 22.5 Å². The van der Waals surface area contributed by atoms with Gasteiger partial charge in [0.25, 0.3) is 0 Å². The van der Waals surface area contributed by atoms with Crippen LogP contribution >= 0.6 is 0 Å². The third kappa shape index (κ3) is 8.59. The summed E-state index contributed by atoms with van der Waals surface area (Å²) in [6.45, 7) is 3.72. The molecule has 0 aliphatic rings. The van der Waals surface area contributed by atoms with Crippen molar-refractivity contribution in [1.29, 1.82) is 0 Å². The molecule has 1 heterocycles. The molecule has 8 heteroatoms. The van der Waals surface area contributed by atoms with Gasteiger partial charge in [0.1, 0.15) is 5.82 Å². The van der Waals surface area contributed by atoms with Crippen molar-refractivity contribution < 1.29 is 14.3 Å². The average Bonchev–Trinajstić information content (AvgIpc) is 3.04. The number of hydrogen-bond donors (Lipinski definition) is 2. The van der Waals surface area contributed by atoms with Crippen LogP contribution in [0.2, 0.25) is 0 Å². The average molecular weight is 609 g/mol. The normalized spacial score (nSPS) is 11.4. The van der Waals surface area contributed by atoms with Gasteiger partial charge in [-0.05, 0) is 82.5 Å². The van der Waals surface area contributed by atoms with Crippen LogP contribution in [0.25, 0.3) is 32.3 Å². The number of amides is 2. The van der Waals surface area contributed by atoms with E-state index in [9.17, 15) is 14.4 Å². The van der Waals surface area contributed by atoms with Crippen LogP contribution < -0.4 is 16.3 Å². The fourth-order valence-electron chi connectivity index (χ4n) is 6.02. The fourth-order valence-corrected chi connectivity index (χ4v) is 6.02. The Labute approximate surface area is 264 Å². The number of ether oxygens (including phenoxy) is 1. The molecule has 0 bridgehead atoms. The number of aryl methyl sites for hydroxylation is 2. The number of benzene rings is 4. The van der Waals surface area contributed by atoms with Crippen molar-refractivity contribution in [3.8, 4) is 0 Å². The van der Waals surface area contributed by atoms with Gasteiger partial charge >= 0.3 is 17.7 Å². The first-order chi connectivity index (χ1) is 22.0. The Hall–Kier alpha value is -4.46. The van der Waals surface area contributed by atoms with Gasteiger partial charge in [-0.3, -0.25) is 14.7 Å². The number of rotatable bonds is 17. The monoisotopic (exact) mass is 608 g/mol. The predicted octanol–water partition coefficient (Wildman–Crippen LogP) is 7.97. The van der Waals surface area contributed by atoms with E-state index in [1.54, 1.807) is 16.8 Å². The molecule has 0 saturated heterocycles. The maximum Gasteiger partial charge on any atom is 0.349 e. The largest absolute Gasteiger partial charge is 0.466 e. The third-order valence-corrected chi connectivity index (χ3v) is 8.43. The smallest absolute Gasteiger partial charge is 0.349 e. The zero-order chi connectivity index (χ0) is 31.4. The van der Waals surface area contributed by atoms with E-state index in [1.165, 1.54) is 37.9 Å². The van der Waals surface area contributed by atoms with Crippen molar-refractivity contribution in [2.45, 2.75) is 84.1 Å². The number of nitrogens with zero attached hydrogens (tertiary/aromatic N) is 2. The number of esters is 1. The second-order valence-corrected chi connectivity index (χ2v) is 11.8. The van der Waals surface area contributed by atoms with Gasteiger partial charge in [-0.15, -0.1) is 0 Å². The van der Waals surface area contributed by atoms with E-state index in [0.29, 0.717) is 26.1 Å². The minimum Gasteiger partial charge on any atom is -0.466 e. The molecule has 0 saturated carbocycles. The molecule has 0 atom stereocenters. The van der Waals surface area contributed by atoms with E-state index in [4.69, 9.17) is 4.74 Å². The zero-order valence-electron chi connectivity index (χ0n) is 26.3. The lowest BCUT2D eigenvalue weighted by Crippen LogP contribution is -2.31. The molecule has 0 spiro atoms. The van der Waals surface area contributed by atoms with Gasteiger partial charge < -0.3 is 10.1 Å². The van der Waals surface area contributed by atoms with Crippen LogP contribution in [0.5, 0.6) is 0 Å². The molecule has 1 aromatic heterocycles. The van der Waals surface area contributed by atoms with Gasteiger partial charge in [0.15, 0.2) is 0 Å². The first kappa shape index (κ1) is 31.9. The molecular weight excluding hydrogens is 564 g/mol. The highest BCUT2D eigenvalue weighted by molar-refractivity contribution is 6.23. The van der Waals surface area contributed by atoms with E-state index in [2.05, 4.69) is 77.1 Å². The van der Waals surface area contributed by atoms with Gasteiger partial charge in [0.2, 0.25) is 0 Å². The minimum atomic E-state index is -0.383. The Morgan fingerprint density at radius 3 is 2.33 bits per heavy atom. The fraction of sp³-hybridized carbons (Fsp3) is 0.405. The summed E-state index contributed by atoms with van der Waals surface area (Å²) in [5, 5.41) is 13.1. The van der Waals surface area contributed by atoms with Crippen LogP contribution in [-0.4, -0.2) is 34.7 Å². The molecule has 0 radical (unpaired) electrons. The lowest BCUT2D eigenvalue weighted by molar-refractivity contribution is -0.143. The predicted molar refractivity (Wildman–Crippen MR) is 182 cm³/mol. The Morgan fingerprint density at radius 2 is 1.53 bits per heavy atom. The zero-order valence-corrected chi connectivity index (χ0v) is 26.3. The molecule has 4 aromatic carbocycles. The van der Waals surface area contributed by atoms with E-state index < -0.39 is 0 Å². The number of aromatic nitrogens is 2. The van der Waals surface area contributed by atoms with Crippen LogP contribution in [0, 0.1) is 0 Å². The molecule has 2 N–H and O–H groups in total. The summed E-state index contributed by atoms with van der Waals surface area (Å²) in [5.74, 6) is 0.101. The van der Waals surface area contributed by atoms with Crippen molar-refractivity contribution in [2.24, 2.45) is 0 Å². The van der Waals surface area contributed by atoms with Crippen LogP contribution in [0.15, 0.2) is 71.7 Å². The Kier molecular flexibility index (Phi) is 11.4. The highest BCUT2D eigenvalue weighted by Gasteiger charge is 2.12. The molecule has 0 unspecified atom stereocenters. The lowest BCUT2D eigenvalue weighted by Gasteiger charge is -2.14. The van der Waals surface area contributed by atoms with Crippen molar-refractivity contribution in [3.05, 3.63) is 82.9 Å². The Bertz CT molecular complexity index is 1760. The Morgan fingerprint density at radius 1 is 0.800 bits per heavy atom. The summed E-state index contributed by atoms with van der Waals surface area (Å²) < 4.78 is 7.04. The van der Waals surface area contributed by atoms with Crippen molar-refractivity contribution in [3.63, 3.8) is 0 Å². The van der Waals surface area contributed by atoms with Crippen molar-refractivity contribution in [2.75, 3.05) is 18.5 Å². The van der Waals surface area contributed by atoms with Crippen LogP contribution in [0.3, 0.4) is 0 Å². The van der Waals surface area contributed by atoms with Gasteiger partial charge in [0.05, 0.1) is 6.61 Å². The molecule has 0 aliphatic heterocycles. The van der Waals surface area contributed by atoms with Gasteiger partial charge in [-0.2, -0.15) is 4.98 Å². The topological polar surface area (TPSA) is 102 Å². The lowest BCUT2D eigenvalue weighted by atomic mass is 9.90. The number of anilines is 1. The second-order valence-electron chi connectivity index (χ2n) is 11.8. The number of hydrogen-bond acceptors (Lipinski definition) is 5. The molecule has 0 aliphatic carbocycles. The summed E-state index contributed by atoms with van der Waals surface area (Å²) in [7, 11) is 0. The molecule has 5 aromatic rings. The third-order valence-electron chi connectivity index (χ3n) is 8.43. The summed E-state index contributed by atoms with van der Waals surface area (Å²) in [4.78, 5) is 40.7. The van der Waals surface area contributed by atoms with E-state index in [-0.39, 0.29) is 23.5 Å². The number of carbonyl (C=O) groups excluding carboxylic acids is 2. The van der Waals surface area contributed by atoms with E-state index in [0.717, 1.165) is 64.2 Å². The van der Waals surface area contributed by atoms with Crippen molar-refractivity contribution >= 4 is 50.1 Å². The molecule has 2 amide bonds. The molecule has 8 nitrogen and oxygen atoms in total. The van der Waals surface area contributed by atoms with Crippen LogP contribution in [0.1, 0.15) is 76.7 Å². The maximum absolute atomic E-state index is 12.4. The summed E-state index contributed by atoms with van der Waals surface area (Å²) >= 11 is 0. The molecule has 0 fully saturated rings. The molecule has 236 valence electrons. The summed E-state index contributed by atoms with van der Waals surface area (Å²) in [5.41, 5.74) is 0.888. The number of unbranched alkanes of at least 4 members (excludes halogenated alkanes) is 6. The van der Waals surface area contributed by atoms with E-state index in [1.807, 2.05) is 0 Å². The standard InChI is InChI=1S/C37H44N4O4/c1-2-3-4-7-23-38-36(43)39-32-22-25-41(37(44)40-32)24-8-5-6-9-26-45-33(42)15-11-12-27-16-17-30-19-18-28-13-10-14-29-20-21-31(27)35(30)34(28)29/h10,13-14,16-22,25H,2-9,11-12,15,23-24,26H2,1H3,(H2,38,39,40,43,44). The maximum atomic E-state index is 12.4. The van der Waals surface area contributed by atoms with Gasteiger partial charge in [-0.25, -0.2) is 9.59 Å². The highest BCUT2D eigenvalue weighted by Crippen LogP contribution is 2.36. The number of carbonyl (C=O) groups is 2. The van der Waals surface area contributed by atoms with E-state index >= 15 is 0 Å². The summed E-state index contributed by atoms with van der Waals surface area (Å²) in [6.07, 6.45) is 11.4. The summed E-state index contributed by atoms with van der Waals surface area (Å²) in [6, 6.07) is 20.9. The van der Waals surface area contributed by atoms with Gasteiger partial charge in [-0.1, -0.05) is 87.2 Å². The van der Waals surface area contributed by atoms with Gasteiger partial charge in [0, 0.05) is 25.7 Å². The Balaban J connectivity index is 0.957. The SMILES string of the molecule is CCCCCCNC(=O)Nc1ccn(CCCCCCOC(=O)CCCc2ccc3ccc4cccc5ccc2c3c45)c(=O)n1. The second kappa shape index (κ2) is 16.0. The minimum absolute atomic E-state index is 0.149. The highest BCUT2D eigenvalue weighted by atomic mass is 16.5. The first-order valence-electron chi connectivity index (χ1n) is 16.5. The number of urea groups is 1.